The third-order valence-corrected chi connectivity index (χ3v) is 3.54. The Kier molecular flexibility index (Phi) is 4.41. The smallest absolute Gasteiger partial charge is 0.252 e. The number of nitrogens with one attached hydrogen (secondary N) is 1. The SMILES string of the molecule is CCC(NC(=O)c1cccc(N)c1C)c1ccccc1. The molecule has 2 rings (SSSR count). The highest BCUT2D eigenvalue weighted by Crippen LogP contribution is 2.19. The van der Waals surface area contributed by atoms with Crippen molar-refractivity contribution in [2.45, 2.75) is 26.3 Å². The van der Waals surface area contributed by atoms with E-state index < -0.39 is 0 Å². The molecule has 2 aromatic rings. The zero-order chi connectivity index (χ0) is 14.5. The van der Waals surface area contributed by atoms with Crippen molar-refractivity contribution >= 4 is 11.6 Å². The third-order valence-electron chi connectivity index (χ3n) is 3.54. The van der Waals surface area contributed by atoms with Crippen LogP contribution in [0.15, 0.2) is 48.5 Å². The number of amides is 1. The maximum atomic E-state index is 12.4. The van der Waals surface area contributed by atoms with Crippen molar-refractivity contribution in [2.75, 3.05) is 5.73 Å². The van der Waals surface area contributed by atoms with Crippen molar-refractivity contribution in [3.8, 4) is 0 Å². The van der Waals surface area contributed by atoms with Crippen LogP contribution in [0.1, 0.15) is 40.9 Å². The predicted octanol–water partition coefficient (Wildman–Crippen LogP) is 3.46. The summed E-state index contributed by atoms with van der Waals surface area (Å²) in [4.78, 5) is 12.4. The van der Waals surface area contributed by atoms with Crippen LogP contribution in [-0.2, 0) is 0 Å². The zero-order valence-electron chi connectivity index (χ0n) is 11.9. The van der Waals surface area contributed by atoms with E-state index in [0.717, 1.165) is 17.5 Å². The Morgan fingerprint density at radius 2 is 1.85 bits per heavy atom. The van der Waals surface area contributed by atoms with Crippen LogP contribution in [0.3, 0.4) is 0 Å². The quantitative estimate of drug-likeness (QED) is 0.834. The summed E-state index contributed by atoms with van der Waals surface area (Å²) < 4.78 is 0. The molecule has 0 bridgehead atoms. The molecule has 0 saturated carbocycles. The number of carbonyl (C=O) groups is 1. The molecule has 0 aromatic heterocycles. The fraction of sp³-hybridized carbons (Fsp3) is 0.235. The first-order valence-corrected chi connectivity index (χ1v) is 6.84. The lowest BCUT2D eigenvalue weighted by molar-refractivity contribution is 0.0935. The molecular weight excluding hydrogens is 248 g/mol. The fourth-order valence-electron chi connectivity index (χ4n) is 2.24. The van der Waals surface area contributed by atoms with Crippen LogP contribution < -0.4 is 11.1 Å². The number of nitrogen functional groups attached to an aromatic ring is 1. The van der Waals surface area contributed by atoms with E-state index in [1.165, 1.54) is 0 Å². The van der Waals surface area contributed by atoms with E-state index in [4.69, 9.17) is 5.73 Å². The van der Waals surface area contributed by atoms with Gasteiger partial charge in [0.15, 0.2) is 0 Å². The number of nitrogens with two attached hydrogens (primary N) is 1. The Hall–Kier alpha value is -2.29. The van der Waals surface area contributed by atoms with Crippen LogP contribution in [-0.4, -0.2) is 5.91 Å². The number of carbonyl (C=O) groups excluding carboxylic acids is 1. The lowest BCUT2D eigenvalue weighted by Crippen LogP contribution is -2.28. The number of anilines is 1. The first-order chi connectivity index (χ1) is 9.63. The predicted molar refractivity (Wildman–Crippen MR) is 82.5 cm³/mol. The maximum absolute atomic E-state index is 12.4. The molecule has 0 spiro atoms. The fourth-order valence-corrected chi connectivity index (χ4v) is 2.24. The van der Waals surface area contributed by atoms with Crippen LogP contribution in [0.5, 0.6) is 0 Å². The van der Waals surface area contributed by atoms with E-state index in [2.05, 4.69) is 12.2 Å². The van der Waals surface area contributed by atoms with Gasteiger partial charge in [-0.15, -0.1) is 0 Å². The van der Waals surface area contributed by atoms with Gasteiger partial charge in [-0.05, 0) is 36.6 Å². The summed E-state index contributed by atoms with van der Waals surface area (Å²) in [6.45, 7) is 3.93. The molecule has 1 unspecified atom stereocenters. The lowest BCUT2D eigenvalue weighted by Gasteiger charge is -2.18. The molecule has 0 aliphatic heterocycles. The second-order valence-electron chi connectivity index (χ2n) is 4.86. The monoisotopic (exact) mass is 268 g/mol. The second-order valence-corrected chi connectivity index (χ2v) is 4.86. The Balaban J connectivity index is 2.20. The van der Waals surface area contributed by atoms with Crippen molar-refractivity contribution in [3.63, 3.8) is 0 Å². The topological polar surface area (TPSA) is 55.1 Å². The Morgan fingerprint density at radius 1 is 1.15 bits per heavy atom. The first kappa shape index (κ1) is 14.1. The summed E-state index contributed by atoms with van der Waals surface area (Å²) in [5, 5.41) is 3.07. The Bertz CT molecular complexity index is 593. The molecule has 0 aliphatic carbocycles. The Labute approximate surface area is 119 Å². The zero-order valence-corrected chi connectivity index (χ0v) is 11.9. The molecule has 0 saturated heterocycles. The highest BCUT2D eigenvalue weighted by molar-refractivity contribution is 5.97. The molecule has 0 aliphatic rings. The molecule has 3 nitrogen and oxygen atoms in total. The molecule has 20 heavy (non-hydrogen) atoms. The third kappa shape index (κ3) is 2.99. The summed E-state index contributed by atoms with van der Waals surface area (Å²) in [6.07, 6.45) is 0.844. The van der Waals surface area contributed by atoms with Crippen molar-refractivity contribution in [2.24, 2.45) is 0 Å². The van der Waals surface area contributed by atoms with Gasteiger partial charge >= 0.3 is 0 Å². The van der Waals surface area contributed by atoms with E-state index in [9.17, 15) is 4.79 Å². The molecule has 104 valence electrons. The molecule has 1 amide bonds. The summed E-state index contributed by atoms with van der Waals surface area (Å²) in [7, 11) is 0. The molecule has 2 aromatic carbocycles. The van der Waals surface area contributed by atoms with Gasteiger partial charge in [0, 0.05) is 11.3 Å². The molecule has 0 radical (unpaired) electrons. The number of rotatable bonds is 4. The molecule has 3 N–H and O–H groups in total. The Morgan fingerprint density at radius 3 is 2.50 bits per heavy atom. The van der Waals surface area contributed by atoms with Crippen LogP contribution >= 0.6 is 0 Å². The molecule has 1 atom stereocenters. The lowest BCUT2D eigenvalue weighted by atomic mass is 10.0. The van der Waals surface area contributed by atoms with Crippen molar-refractivity contribution < 1.29 is 4.79 Å². The largest absolute Gasteiger partial charge is 0.398 e. The molecule has 3 heteroatoms. The number of hydrogen-bond donors (Lipinski definition) is 2. The van der Waals surface area contributed by atoms with Crippen molar-refractivity contribution in [1.29, 1.82) is 0 Å². The van der Waals surface area contributed by atoms with E-state index in [1.807, 2.05) is 37.3 Å². The van der Waals surface area contributed by atoms with Gasteiger partial charge in [-0.2, -0.15) is 0 Å². The van der Waals surface area contributed by atoms with E-state index in [0.29, 0.717) is 11.3 Å². The summed E-state index contributed by atoms with van der Waals surface area (Å²) in [5.74, 6) is -0.0782. The highest BCUT2D eigenvalue weighted by atomic mass is 16.1. The molecular formula is C17H20N2O. The van der Waals surface area contributed by atoms with E-state index in [-0.39, 0.29) is 11.9 Å². The highest BCUT2D eigenvalue weighted by Gasteiger charge is 2.15. The minimum Gasteiger partial charge on any atom is -0.398 e. The standard InChI is InChI=1S/C17H20N2O/c1-3-16(13-8-5-4-6-9-13)19-17(20)14-10-7-11-15(18)12(14)2/h4-11,16H,3,18H2,1-2H3,(H,19,20). The van der Waals surface area contributed by atoms with E-state index in [1.54, 1.807) is 18.2 Å². The van der Waals surface area contributed by atoms with Crippen molar-refractivity contribution in [3.05, 3.63) is 65.2 Å². The van der Waals surface area contributed by atoms with Crippen molar-refractivity contribution in [1.82, 2.24) is 5.32 Å². The van der Waals surface area contributed by atoms with Gasteiger partial charge in [-0.25, -0.2) is 0 Å². The summed E-state index contributed by atoms with van der Waals surface area (Å²) in [5.41, 5.74) is 9.08. The average Bonchev–Trinajstić information content (AvgIpc) is 2.48. The van der Waals surface area contributed by atoms with Crippen LogP contribution in [0, 0.1) is 6.92 Å². The van der Waals surface area contributed by atoms with Gasteiger partial charge < -0.3 is 11.1 Å². The number of benzene rings is 2. The second kappa shape index (κ2) is 6.24. The average molecular weight is 268 g/mol. The van der Waals surface area contributed by atoms with E-state index >= 15 is 0 Å². The van der Waals surface area contributed by atoms with Gasteiger partial charge in [0.1, 0.15) is 0 Å². The van der Waals surface area contributed by atoms with Gasteiger partial charge in [0.2, 0.25) is 0 Å². The minimum atomic E-state index is -0.0782. The molecule has 0 fully saturated rings. The van der Waals surface area contributed by atoms with Gasteiger partial charge in [0.05, 0.1) is 6.04 Å². The van der Waals surface area contributed by atoms with Crippen LogP contribution in [0.25, 0.3) is 0 Å². The normalized spacial score (nSPS) is 11.9. The van der Waals surface area contributed by atoms with Crippen LogP contribution in [0.2, 0.25) is 0 Å². The van der Waals surface area contributed by atoms with Gasteiger partial charge in [-0.1, -0.05) is 43.3 Å². The first-order valence-electron chi connectivity index (χ1n) is 6.84. The number of hydrogen-bond acceptors (Lipinski definition) is 2. The van der Waals surface area contributed by atoms with Gasteiger partial charge in [-0.3, -0.25) is 4.79 Å². The summed E-state index contributed by atoms with van der Waals surface area (Å²) in [6, 6.07) is 15.4. The maximum Gasteiger partial charge on any atom is 0.252 e. The van der Waals surface area contributed by atoms with Crippen LogP contribution in [0.4, 0.5) is 5.69 Å². The minimum absolute atomic E-state index is 0.0181. The van der Waals surface area contributed by atoms with Gasteiger partial charge in [0.25, 0.3) is 5.91 Å². The summed E-state index contributed by atoms with van der Waals surface area (Å²) >= 11 is 0. The molecule has 0 heterocycles.